The van der Waals surface area contributed by atoms with Gasteiger partial charge in [0.05, 0.1) is 22.7 Å². The molecule has 0 fully saturated rings. The average Bonchev–Trinajstić information content (AvgIpc) is 3.13. The van der Waals surface area contributed by atoms with Gasteiger partial charge in [0.1, 0.15) is 6.54 Å². The molecule has 0 amide bonds. The van der Waals surface area contributed by atoms with E-state index in [4.69, 9.17) is 16.6 Å². The fraction of sp³-hybridized carbons (Fsp3) is 0.240. The van der Waals surface area contributed by atoms with Crippen molar-refractivity contribution in [1.82, 2.24) is 4.57 Å². The van der Waals surface area contributed by atoms with Gasteiger partial charge in [-0.3, -0.25) is 4.57 Å². The number of oxazole rings is 1. The molecule has 4 rings (SSSR count). The number of sulfone groups is 1. The molecule has 0 aliphatic carbocycles. The number of nitrogens with zero attached hydrogens (tertiary/aromatic N) is 1. The zero-order valence-corrected chi connectivity index (χ0v) is 19.7. The summed E-state index contributed by atoms with van der Waals surface area (Å²) in [5.41, 5.74) is 3.85. The van der Waals surface area contributed by atoms with E-state index in [9.17, 15) is 8.42 Å². The van der Waals surface area contributed by atoms with Gasteiger partial charge >= 0.3 is 0 Å². The largest absolute Gasteiger partial charge is 0.429 e. The van der Waals surface area contributed by atoms with E-state index < -0.39 is 9.84 Å². The van der Waals surface area contributed by atoms with Gasteiger partial charge < -0.3 is 9.32 Å². The van der Waals surface area contributed by atoms with Crippen LogP contribution in [0.2, 0.25) is 0 Å². The van der Waals surface area contributed by atoms with E-state index in [0.29, 0.717) is 22.0 Å². The minimum atomic E-state index is -3.32. The number of hydrogen-bond acceptors (Lipinski definition) is 4. The van der Waals surface area contributed by atoms with Crippen molar-refractivity contribution in [2.24, 2.45) is 0 Å². The minimum absolute atomic E-state index is 0.0551. The summed E-state index contributed by atoms with van der Waals surface area (Å²) in [7, 11) is -3.32. The Morgan fingerprint density at radius 2 is 1.59 bits per heavy atom. The monoisotopic (exact) mass is 467 g/mol. The third-order valence-electron chi connectivity index (χ3n) is 5.67. The maximum Gasteiger partial charge on any atom is 0.274 e. The molecule has 0 bridgehead atoms. The van der Waals surface area contributed by atoms with Crippen LogP contribution in [0, 0.1) is 4.84 Å². The number of rotatable bonds is 9. The van der Waals surface area contributed by atoms with Crippen molar-refractivity contribution in [3.8, 4) is 0 Å². The van der Waals surface area contributed by atoms with Crippen LogP contribution in [0.5, 0.6) is 0 Å². The molecule has 1 heterocycles. The molecule has 7 heteroatoms. The van der Waals surface area contributed by atoms with Gasteiger partial charge in [-0.05, 0) is 36.0 Å². The molecule has 0 radical (unpaired) electrons. The summed E-state index contributed by atoms with van der Waals surface area (Å²) in [6.07, 6.45) is 0.932. The highest BCUT2D eigenvalue weighted by atomic mass is 32.2. The molecule has 5 nitrogen and oxygen atoms in total. The summed E-state index contributed by atoms with van der Waals surface area (Å²) in [5, 5.41) is 0. The maximum atomic E-state index is 12.4. The molecule has 4 aromatic rings. The molecule has 0 saturated heterocycles. The molecule has 3 aromatic carbocycles. The van der Waals surface area contributed by atoms with Crippen molar-refractivity contribution < 1.29 is 17.7 Å². The van der Waals surface area contributed by atoms with Crippen LogP contribution in [0.25, 0.3) is 11.1 Å². The van der Waals surface area contributed by atoms with Gasteiger partial charge in [-0.15, -0.1) is 0 Å². The predicted octanol–water partition coefficient (Wildman–Crippen LogP) is 4.04. The molecule has 1 atom stereocenters. The lowest BCUT2D eigenvalue weighted by Crippen LogP contribution is -3.10. The fourth-order valence-electron chi connectivity index (χ4n) is 3.85. The summed E-state index contributed by atoms with van der Waals surface area (Å²) in [6.45, 7) is 3.97. The van der Waals surface area contributed by atoms with Crippen molar-refractivity contribution in [3.63, 3.8) is 0 Å². The van der Waals surface area contributed by atoms with Crippen LogP contribution in [0.3, 0.4) is 0 Å². The summed E-state index contributed by atoms with van der Waals surface area (Å²) in [6, 6.07) is 25.8. The minimum Gasteiger partial charge on any atom is -0.429 e. The molecule has 0 spiro atoms. The first-order chi connectivity index (χ1) is 15.5. The zero-order chi connectivity index (χ0) is 22.6. The lowest BCUT2D eigenvalue weighted by molar-refractivity contribution is -0.936. The Bertz CT molecular complexity index is 1340. The molecular weight excluding hydrogens is 440 g/mol. The Morgan fingerprint density at radius 3 is 2.25 bits per heavy atom. The Morgan fingerprint density at radius 1 is 0.938 bits per heavy atom. The van der Waals surface area contributed by atoms with E-state index in [-0.39, 0.29) is 5.75 Å². The second kappa shape index (κ2) is 9.81. The molecule has 0 aliphatic heterocycles. The number of nitrogens with one attached hydrogen (secondary N) is 1. The molecule has 0 saturated carbocycles. The standard InChI is InChI=1S/C25H26N2O3S2/c1-2-32(28,29)22-13-14-24-23(17-22)27(25(31)30-24)19-26(18-21-11-7-4-8-12-21)16-15-20-9-5-3-6-10-20/h3-14,17H,2,15-16,18-19H2,1H3/p+1. The molecule has 166 valence electrons. The van der Waals surface area contributed by atoms with Crippen LogP contribution in [0.4, 0.5) is 0 Å². The summed E-state index contributed by atoms with van der Waals surface area (Å²) in [5.74, 6) is 0.0551. The topological polar surface area (TPSA) is 56.6 Å². The maximum absolute atomic E-state index is 12.4. The van der Waals surface area contributed by atoms with E-state index in [0.717, 1.165) is 25.0 Å². The summed E-state index contributed by atoms with van der Waals surface area (Å²) in [4.78, 5) is 1.96. The van der Waals surface area contributed by atoms with Gasteiger partial charge in [-0.1, -0.05) is 67.6 Å². The Hall–Kier alpha value is -2.74. The SMILES string of the molecule is CCS(=O)(=O)c1ccc2oc(=S)n(C[NH+](CCc3ccccc3)Cc3ccccc3)c2c1. The van der Waals surface area contributed by atoms with Gasteiger partial charge in [0.2, 0.25) is 0 Å². The Balaban J connectivity index is 1.66. The predicted molar refractivity (Wildman–Crippen MR) is 129 cm³/mol. The van der Waals surface area contributed by atoms with Crippen LogP contribution >= 0.6 is 12.2 Å². The first kappa shape index (κ1) is 22.5. The molecule has 1 aromatic heterocycles. The molecule has 1 N–H and O–H groups in total. The van der Waals surface area contributed by atoms with E-state index in [1.165, 1.54) is 16.0 Å². The summed E-state index contributed by atoms with van der Waals surface area (Å²) < 4.78 is 32.5. The first-order valence-electron chi connectivity index (χ1n) is 10.7. The van der Waals surface area contributed by atoms with Gasteiger partial charge in [0.15, 0.2) is 22.1 Å². The van der Waals surface area contributed by atoms with Crippen LogP contribution in [-0.2, 0) is 29.5 Å². The number of quaternary nitrogens is 1. The molecule has 32 heavy (non-hydrogen) atoms. The Labute approximate surface area is 193 Å². The molecule has 0 aliphatic rings. The lowest BCUT2D eigenvalue weighted by Gasteiger charge is -2.20. The molecular formula is C25H27N2O3S2+. The van der Waals surface area contributed by atoms with Crippen LogP contribution in [-0.4, -0.2) is 25.3 Å². The number of fused-ring (bicyclic) bond motifs is 1. The first-order valence-corrected chi connectivity index (χ1v) is 12.8. The van der Waals surface area contributed by atoms with E-state index in [2.05, 4.69) is 36.4 Å². The van der Waals surface area contributed by atoms with Gasteiger partial charge in [0.25, 0.3) is 4.84 Å². The highest BCUT2D eigenvalue weighted by molar-refractivity contribution is 7.91. The second-order valence-corrected chi connectivity index (χ2v) is 10.5. The summed E-state index contributed by atoms with van der Waals surface area (Å²) >= 11 is 5.51. The highest BCUT2D eigenvalue weighted by Gasteiger charge is 2.18. The lowest BCUT2D eigenvalue weighted by atomic mass is 10.1. The van der Waals surface area contributed by atoms with Crippen molar-refractivity contribution >= 4 is 33.2 Å². The normalized spacial score (nSPS) is 12.8. The average molecular weight is 468 g/mol. The Kier molecular flexibility index (Phi) is 6.89. The van der Waals surface area contributed by atoms with Crippen molar-refractivity contribution in [2.45, 2.75) is 31.5 Å². The fourth-order valence-corrected chi connectivity index (χ4v) is 5.00. The van der Waals surface area contributed by atoms with Crippen molar-refractivity contribution in [1.29, 1.82) is 0 Å². The van der Waals surface area contributed by atoms with Gasteiger partial charge in [-0.25, -0.2) is 8.42 Å². The third-order valence-corrected chi connectivity index (χ3v) is 7.70. The quantitative estimate of drug-likeness (QED) is 0.378. The van der Waals surface area contributed by atoms with E-state index in [1.807, 2.05) is 28.8 Å². The molecule has 1 unspecified atom stereocenters. The van der Waals surface area contributed by atoms with Crippen molar-refractivity contribution in [3.05, 3.63) is 94.8 Å². The van der Waals surface area contributed by atoms with Gasteiger partial charge in [0, 0.05) is 12.0 Å². The van der Waals surface area contributed by atoms with E-state index in [1.54, 1.807) is 25.1 Å². The van der Waals surface area contributed by atoms with Crippen LogP contribution in [0.15, 0.2) is 88.2 Å². The van der Waals surface area contributed by atoms with Crippen LogP contribution < -0.4 is 4.90 Å². The number of hydrogen-bond donors (Lipinski definition) is 1. The van der Waals surface area contributed by atoms with E-state index >= 15 is 0 Å². The van der Waals surface area contributed by atoms with Crippen LogP contribution in [0.1, 0.15) is 18.1 Å². The number of aromatic nitrogens is 1. The number of benzene rings is 3. The second-order valence-electron chi connectivity index (χ2n) is 7.89. The van der Waals surface area contributed by atoms with Crippen molar-refractivity contribution in [2.75, 3.05) is 12.3 Å². The smallest absolute Gasteiger partial charge is 0.274 e. The highest BCUT2D eigenvalue weighted by Crippen LogP contribution is 2.22. The zero-order valence-electron chi connectivity index (χ0n) is 18.0. The van der Waals surface area contributed by atoms with Gasteiger partial charge in [-0.2, -0.15) is 0 Å². The third kappa shape index (κ3) is 5.18.